The van der Waals surface area contributed by atoms with E-state index in [9.17, 15) is 13.2 Å². The van der Waals surface area contributed by atoms with Crippen molar-refractivity contribution in [1.82, 2.24) is 9.80 Å². The molecule has 6 nitrogen and oxygen atoms in total. The van der Waals surface area contributed by atoms with Gasteiger partial charge in [-0.3, -0.25) is 9.69 Å². The van der Waals surface area contributed by atoms with E-state index in [0.29, 0.717) is 55.6 Å². The zero-order valence-corrected chi connectivity index (χ0v) is 20.1. The fourth-order valence-electron chi connectivity index (χ4n) is 4.58. The number of rotatable bonds is 9. The van der Waals surface area contributed by atoms with Gasteiger partial charge in [-0.15, -0.1) is 0 Å². The number of hydrogen-bond acceptors (Lipinski definition) is 6. The van der Waals surface area contributed by atoms with Gasteiger partial charge >= 0.3 is 0 Å². The molecule has 0 unspecified atom stereocenters. The number of thiol groups is 1. The van der Waals surface area contributed by atoms with Crippen LogP contribution in [0.25, 0.3) is 10.8 Å². The minimum atomic E-state index is -3.07. The standard InChI is InChI=1S/C24H33N3O3S2/c25-20(16-31)14-26-11-12-27(15-21(26)10-13-32(29,30)17-18-8-9-18)24(28)23-7-3-5-19-4-1-2-6-22(19)23/h1-7,18,20-21,31H,8-17,25H2/t20-,21+/m1/s1. The largest absolute Gasteiger partial charge is 0.336 e. The quantitative estimate of drug-likeness (QED) is 0.545. The van der Waals surface area contributed by atoms with Crippen molar-refractivity contribution >= 4 is 39.1 Å². The molecule has 1 aliphatic carbocycles. The molecule has 174 valence electrons. The highest BCUT2D eigenvalue weighted by Gasteiger charge is 2.33. The van der Waals surface area contributed by atoms with Crippen molar-refractivity contribution in [3.63, 3.8) is 0 Å². The second-order valence-corrected chi connectivity index (χ2v) is 11.8. The highest BCUT2D eigenvalue weighted by molar-refractivity contribution is 7.91. The number of carbonyl (C=O) groups is 1. The molecule has 1 saturated carbocycles. The first-order valence-electron chi connectivity index (χ1n) is 11.4. The summed E-state index contributed by atoms with van der Waals surface area (Å²) < 4.78 is 25.1. The molecule has 32 heavy (non-hydrogen) atoms. The molecule has 0 aromatic heterocycles. The zero-order chi connectivity index (χ0) is 22.7. The van der Waals surface area contributed by atoms with Crippen LogP contribution in [-0.4, -0.2) is 79.6 Å². The van der Waals surface area contributed by atoms with Gasteiger partial charge in [0.1, 0.15) is 0 Å². The van der Waals surface area contributed by atoms with Crippen molar-refractivity contribution in [3.05, 3.63) is 48.0 Å². The van der Waals surface area contributed by atoms with Crippen molar-refractivity contribution in [2.45, 2.75) is 31.3 Å². The molecule has 1 saturated heterocycles. The summed E-state index contributed by atoms with van der Waals surface area (Å²) in [6, 6.07) is 13.6. The normalized spacial score (nSPS) is 21.1. The monoisotopic (exact) mass is 475 g/mol. The predicted octanol–water partition coefficient (Wildman–Crippen LogP) is 2.44. The van der Waals surface area contributed by atoms with Gasteiger partial charge in [0.15, 0.2) is 9.84 Å². The summed E-state index contributed by atoms with van der Waals surface area (Å²) in [5.74, 6) is 1.39. The molecule has 1 aliphatic heterocycles. The summed E-state index contributed by atoms with van der Waals surface area (Å²) in [6.45, 7) is 2.46. The summed E-state index contributed by atoms with van der Waals surface area (Å²) in [4.78, 5) is 17.6. The fraction of sp³-hybridized carbons (Fsp3) is 0.542. The van der Waals surface area contributed by atoms with E-state index in [1.54, 1.807) is 0 Å². The van der Waals surface area contributed by atoms with Gasteiger partial charge < -0.3 is 10.6 Å². The molecule has 2 aromatic carbocycles. The zero-order valence-electron chi connectivity index (χ0n) is 18.4. The SMILES string of the molecule is N[C@@H](CS)CN1CCN(C(=O)c2cccc3ccccc23)C[C@@H]1CCS(=O)(=O)CC1CC1. The number of sulfone groups is 1. The molecule has 2 atom stereocenters. The van der Waals surface area contributed by atoms with E-state index in [-0.39, 0.29) is 23.7 Å². The number of amides is 1. The molecule has 8 heteroatoms. The molecule has 0 bridgehead atoms. The number of hydrogen-bond donors (Lipinski definition) is 2. The highest BCUT2D eigenvalue weighted by Crippen LogP contribution is 2.31. The number of nitrogens with zero attached hydrogens (tertiary/aromatic N) is 2. The molecule has 1 heterocycles. The Balaban J connectivity index is 1.49. The first-order valence-corrected chi connectivity index (χ1v) is 13.9. The van der Waals surface area contributed by atoms with E-state index in [4.69, 9.17) is 5.73 Å². The average molecular weight is 476 g/mol. The van der Waals surface area contributed by atoms with Crippen LogP contribution in [0.1, 0.15) is 29.6 Å². The third kappa shape index (κ3) is 5.84. The molecule has 2 aromatic rings. The van der Waals surface area contributed by atoms with Crippen LogP contribution in [0, 0.1) is 5.92 Å². The van der Waals surface area contributed by atoms with Gasteiger partial charge in [-0.05, 0) is 42.0 Å². The Labute approximate surface area is 196 Å². The number of nitrogens with two attached hydrogens (primary N) is 1. The van der Waals surface area contributed by atoms with Crippen molar-refractivity contribution in [3.8, 4) is 0 Å². The van der Waals surface area contributed by atoms with Crippen LogP contribution in [0.15, 0.2) is 42.5 Å². The molecule has 4 rings (SSSR count). The van der Waals surface area contributed by atoms with Crippen LogP contribution < -0.4 is 5.73 Å². The van der Waals surface area contributed by atoms with Crippen LogP contribution in [0.5, 0.6) is 0 Å². The molecule has 2 aliphatic rings. The number of carbonyl (C=O) groups excluding carboxylic acids is 1. The third-order valence-electron chi connectivity index (χ3n) is 6.56. The highest BCUT2D eigenvalue weighted by atomic mass is 32.2. The van der Waals surface area contributed by atoms with Gasteiger partial charge in [0, 0.05) is 49.6 Å². The minimum absolute atomic E-state index is 0.00535. The smallest absolute Gasteiger partial charge is 0.254 e. The summed E-state index contributed by atoms with van der Waals surface area (Å²) in [6.07, 6.45) is 2.57. The van der Waals surface area contributed by atoms with E-state index < -0.39 is 9.84 Å². The summed E-state index contributed by atoms with van der Waals surface area (Å²) >= 11 is 4.31. The van der Waals surface area contributed by atoms with E-state index >= 15 is 0 Å². The Kier molecular flexibility index (Phi) is 7.44. The lowest BCUT2D eigenvalue weighted by atomic mass is 10.0. The van der Waals surface area contributed by atoms with Gasteiger partial charge in [-0.2, -0.15) is 12.6 Å². The second-order valence-electron chi connectivity index (χ2n) is 9.22. The van der Waals surface area contributed by atoms with Crippen LogP contribution in [0.3, 0.4) is 0 Å². The van der Waals surface area contributed by atoms with Gasteiger partial charge in [0.2, 0.25) is 0 Å². The Hall–Kier alpha value is -1.61. The predicted molar refractivity (Wildman–Crippen MR) is 133 cm³/mol. The lowest BCUT2D eigenvalue weighted by molar-refractivity contribution is 0.0467. The minimum Gasteiger partial charge on any atom is -0.336 e. The molecule has 2 fully saturated rings. The maximum atomic E-state index is 13.5. The van der Waals surface area contributed by atoms with Crippen molar-refractivity contribution in [2.24, 2.45) is 11.7 Å². The summed E-state index contributed by atoms with van der Waals surface area (Å²) in [7, 11) is -3.07. The van der Waals surface area contributed by atoms with Gasteiger partial charge in [-0.25, -0.2) is 8.42 Å². The first-order chi connectivity index (χ1) is 15.4. The van der Waals surface area contributed by atoms with Crippen LogP contribution in [0.4, 0.5) is 0 Å². The summed E-state index contributed by atoms with van der Waals surface area (Å²) in [5.41, 5.74) is 6.85. The number of fused-ring (bicyclic) bond motifs is 1. The number of piperazine rings is 1. The van der Waals surface area contributed by atoms with Crippen molar-refractivity contribution < 1.29 is 13.2 Å². The van der Waals surface area contributed by atoms with Gasteiger partial charge in [-0.1, -0.05) is 36.4 Å². The van der Waals surface area contributed by atoms with Crippen LogP contribution in [0.2, 0.25) is 0 Å². The first kappa shape index (κ1) is 23.5. The van der Waals surface area contributed by atoms with E-state index in [1.807, 2.05) is 47.4 Å². The second kappa shape index (κ2) is 10.1. The lowest BCUT2D eigenvalue weighted by Crippen LogP contribution is -2.57. The molecule has 0 spiro atoms. The lowest BCUT2D eigenvalue weighted by Gasteiger charge is -2.42. The van der Waals surface area contributed by atoms with Crippen LogP contribution in [-0.2, 0) is 9.84 Å². The maximum Gasteiger partial charge on any atom is 0.254 e. The Morgan fingerprint density at radius 1 is 1.12 bits per heavy atom. The van der Waals surface area contributed by atoms with Crippen molar-refractivity contribution in [1.29, 1.82) is 0 Å². The number of benzene rings is 2. The summed E-state index contributed by atoms with van der Waals surface area (Å²) in [5, 5.41) is 1.99. The Morgan fingerprint density at radius 2 is 1.88 bits per heavy atom. The van der Waals surface area contributed by atoms with E-state index in [1.165, 1.54) is 0 Å². The molecular weight excluding hydrogens is 442 g/mol. The van der Waals surface area contributed by atoms with Gasteiger partial charge in [0.25, 0.3) is 5.91 Å². The third-order valence-corrected chi connectivity index (χ3v) is 8.87. The maximum absolute atomic E-state index is 13.5. The Morgan fingerprint density at radius 3 is 2.62 bits per heavy atom. The fourth-order valence-corrected chi connectivity index (χ4v) is 6.54. The van der Waals surface area contributed by atoms with E-state index in [0.717, 1.165) is 23.6 Å². The van der Waals surface area contributed by atoms with E-state index in [2.05, 4.69) is 17.5 Å². The van der Waals surface area contributed by atoms with Crippen LogP contribution >= 0.6 is 12.6 Å². The Bertz CT molecular complexity index is 1050. The van der Waals surface area contributed by atoms with Gasteiger partial charge in [0.05, 0.1) is 11.5 Å². The topological polar surface area (TPSA) is 83.7 Å². The molecular formula is C24H33N3O3S2. The average Bonchev–Trinajstić information content (AvgIpc) is 3.60. The molecule has 0 radical (unpaired) electrons. The molecule has 1 amide bonds. The molecule has 2 N–H and O–H groups in total. The van der Waals surface area contributed by atoms with Crippen molar-refractivity contribution in [2.75, 3.05) is 43.4 Å².